The van der Waals surface area contributed by atoms with Crippen LogP contribution in [-0.4, -0.2) is 27.2 Å². The third kappa shape index (κ3) is 4.05. The van der Waals surface area contributed by atoms with E-state index in [0.29, 0.717) is 17.6 Å². The molecule has 2 heterocycles. The Morgan fingerprint density at radius 3 is 2.05 bits per heavy atom. The van der Waals surface area contributed by atoms with Crippen molar-refractivity contribution in [2.75, 3.05) is 6.54 Å². The Labute approximate surface area is 216 Å². The molecule has 1 aromatic heterocycles. The Hall–Kier alpha value is -4.44. The minimum absolute atomic E-state index is 0.279. The van der Waals surface area contributed by atoms with Crippen molar-refractivity contribution in [2.24, 2.45) is 10.9 Å². The van der Waals surface area contributed by atoms with E-state index in [1.807, 2.05) is 36.4 Å². The molecule has 1 aliphatic heterocycles. The van der Waals surface area contributed by atoms with Crippen molar-refractivity contribution in [3.05, 3.63) is 126 Å². The number of aromatic nitrogens is 3. The van der Waals surface area contributed by atoms with Gasteiger partial charge in [0, 0.05) is 29.2 Å². The smallest absolute Gasteiger partial charge is 0.164 e. The maximum absolute atomic E-state index is 5.03. The lowest BCUT2D eigenvalue weighted by Gasteiger charge is -2.22. The average Bonchev–Trinajstić information content (AvgIpc) is 3.36. The van der Waals surface area contributed by atoms with Crippen LogP contribution in [0.3, 0.4) is 0 Å². The van der Waals surface area contributed by atoms with Gasteiger partial charge in [0.05, 0.1) is 5.71 Å². The lowest BCUT2D eigenvalue weighted by molar-refractivity contribution is 0.628. The minimum Gasteiger partial charge on any atom is -0.284 e. The van der Waals surface area contributed by atoms with Crippen molar-refractivity contribution in [1.82, 2.24) is 15.0 Å². The summed E-state index contributed by atoms with van der Waals surface area (Å²) in [5.41, 5.74) is 8.07. The number of fused-ring (bicyclic) bond motifs is 3. The van der Waals surface area contributed by atoms with E-state index >= 15 is 0 Å². The highest BCUT2D eigenvalue weighted by atomic mass is 15.0. The summed E-state index contributed by atoms with van der Waals surface area (Å²) in [5, 5.41) is 0. The van der Waals surface area contributed by atoms with Crippen molar-refractivity contribution in [3.63, 3.8) is 0 Å². The molecule has 2 aliphatic carbocycles. The molecule has 3 aliphatic rings. The molecular formula is C33H26N4. The fourth-order valence-electron chi connectivity index (χ4n) is 5.64. The summed E-state index contributed by atoms with van der Waals surface area (Å²) in [6.45, 7) is 0.863. The highest BCUT2D eigenvalue weighted by molar-refractivity contribution is 6.11. The van der Waals surface area contributed by atoms with Crippen LogP contribution in [0.2, 0.25) is 0 Å². The Balaban J connectivity index is 1.38. The summed E-state index contributed by atoms with van der Waals surface area (Å²) in [7, 11) is 0. The number of rotatable bonds is 4. The van der Waals surface area contributed by atoms with E-state index in [1.54, 1.807) is 0 Å². The third-order valence-electron chi connectivity index (χ3n) is 7.42. The van der Waals surface area contributed by atoms with Crippen molar-refractivity contribution >= 4 is 5.71 Å². The maximum Gasteiger partial charge on any atom is 0.164 e. The first-order valence-electron chi connectivity index (χ1n) is 12.9. The predicted octanol–water partition coefficient (Wildman–Crippen LogP) is 7.03. The first kappa shape index (κ1) is 21.8. The lowest BCUT2D eigenvalue weighted by atomic mass is 9.83. The van der Waals surface area contributed by atoms with E-state index in [4.69, 9.17) is 19.9 Å². The zero-order valence-corrected chi connectivity index (χ0v) is 20.5. The SMILES string of the molecule is C1=CC(C2=CC3c4c(cccc4-c4nc(-c5ccccc5)nc(-c5ccccc5)n4)CC3C=C2)=NCC1. The first-order valence-corrected chi connectivity index (χ1v) is 12.9. The molecule has 0 amide bonds. The van der Waals surface area contributed by atoms with E-state index in [1.165, 1.54) is 16.7 Å². The van der Waals surface area contributed by atoms with E-state index in [0.717, 1.165) is 47.6 Å². The van der Waals surface area contributed by atoms with Crippen LogP contribution in [-0.2, 0) is 6.42 Å². The van der Waals surface area contributed by atoms with Gasteiger partial charge in [0.1, 0.15) is 0 Å². The summed E-state index contributed by atoms with van der Waals surface area (Å²) in [6, 6.07) is 26.9. The number of benzene rings is 3. The summed E-state index contributed by atoms with van der Waals surface area (Å²) in [6.07, 6.45) is 13.5. The summed E-state index contributed by atoms with van der Waals surface area (Å²) < 4.78 is 0. The van der Waals surface area contributed by atoms with Crippen molar-refractivity contribution in [2.45, 2.75) is 18.8 Å². The zero-order chi connectivity index (χ0) is 24.6. The first-order chi connectivity index (χ1) is 18.3. The van der Waals surface area contributed by atoms with Gasteiger partial charge in [0.2, 0.25) is 0 Å². The van der Waals surface area contributed by atoms with Crippen LogP contribution in [0.25, 0.3) is 34.2 Å². The molecule has 0 saturated heterocycles. The monoisotopic (exact) mass is 478 g/mol. The van der Waals surface area contributed by atoms with E-state index < -0.39 is 0 Å². The number of hydrogen-bond acceptors (Lipinski definition) is 4. The Morgan fingerprint density at radius 2 is 1.38 bits per heavy atom. The second kappa shape index (κ2) is 9.21. The molecule has 7 rings (SSSR count). The molecule has 0 saturated carbocycles. The molecule has 0 fully saturated rings. The van der Waals surface area contributed by atoms with Gasteiger partial charge in [-0.25, -0.2) is 15.0 Å². The molecule has 0 radical (unpaired) electrons. The number of aliphatic imine (C=N–C) groups is 1. The topological polar surface area (TPSA) is 51.0 Å². The van der Waals surface area contributed by atoms with Crippen LogP contribution in [0.15, 0.2) is 120 Å². The second-order valence-corrected chi connectivity index (χ2v) is 9.75. The van der Waals surface area contributed by atoms with Crippen LogP contribution in [0.5, 0.6) is 0 Å². The summed E-state index contributed by atoms with van der Waals surface area (Å²) in [4.78, 5) is 19.7. The normalized spacial score (nSPS) is 19.7. The van der Waals surface area contributed by atoms with Gasteiger partial charge >= 0.3 is 0 Å². The van der Waals surface area contributed by atoms with Crippen LogP contribution in [0.4, 0.5) is 0 Å². The van der Waals surface area contributed by atoms with Crippen molar-refractivity contribution in [1.29, 1.82) is 0 Å². The van der Waals surface area contributed by atoms with Gasteiger partial charge in [-0.15, -0.1) is 0 Å². The number of allylic oxidation sites excluding steroid dienone is 5. The van der Waals surface area contributed by atoms with E-state index in [-0.39, 0.29) is 5.92 Å². The van der Waals surface area contributed by atoms with Gasteiger partial charge in [-0.3, -0.25) is 4.99 Å². The van der Waals surface area contributed by atoms with Crippen LogP contribution >= 0.6 is 0 Å². The van der Waals surface area contributed by atoms with Crippen LogP contribution in [0, 0.1) is 5.92 Å². The van der Waals surface area contributed by atoms with Crippen molar-refractivity contribution in [3.8, 4) is 34.2 Å². The second-order valence-electron chi connectivity index (χ2n) is 9.75. The van der Waals surface area contributed by atoms with Gasteiger partial charge in [0.15, 0.2) is 17.5 Å². The molecular weight excluding hydrogens is 452 g/mol. The molecule has 4 nitrogen and oxygen atoms in total. The third-order valence-corrected chi connectivity index (χ3v) is 7.42. The predicted molar refractivity (Wildman–Crippen MR) is 149 cm³/mol. The highest BCUT2D eigenvalue weighted by Crippen LogP contribution is 2.46. The molecule has 4 heteroatoms. The molecule has 2 atom stereocenters. The summed E-state index contributed by atoms with van der Waals surface area (Å²) >= 11 is 0. The van der Waals surface area contributed by atoms with Gasteiger partial charge in [-0.05, 0) is 41.5 Å². The Bertz CT molecular complexity index is 1540. The highest BCUT2D eigenvalue weighted by Gasteiger charge is 2.34. The molecule has 0 N–H and O–H groups in total. The fraction of sp³-hybridized carbons (Fsp3) is 0.152. The van der Waals surface area contributed by atoms with E-state index in [2.05, 4.69) is 72.8 Å². The van der Waals surface area contributed by atoms with E-state index in [9.17, 15) is 0 Å². The minimum atomic E-state index is 0.279. The Morgan fingerprint density at radius 1 is 0.676 bits per heavy atom. The van der Waals surface area contributed by atoms with Crippen LogP contribution in [0.1, 0.15) is 23.5 Å². The quantitative estimate of drug-likeness (QED) is 0.316. The molecule has 178 valence electrons. The number of dihydropyridines is 1. The molecule has 3 aromatic carbocycles. The average molecular weight is 479 g/mol. The fourth-order valence-corrected chi connectivity index (χ4v) is 5.64. The Kier molecular flexibility index (Phi) is 5.43. The van der Waals surface area contributed by atoms with Gasteiger partial charge in [-0.2, -0.15) is 0 Å². The van der Waals surface area contributed by atoms with Crippen molar-refractivity contribution < 1.29 is 0 Å². The molecule has 2 unspecified atom stereocenters. The lowest BCUT2D eigenvalue weighted by Crippen LogP contribution is -2.12. The summed E-state index contributed by atoms with van der Waals surface area (Å²) in [5.74, 6) is 2.83. The van der Waals surface area contributed by atoms with Gasteiger partial charge in [-0.1, -0.05) is 103 Å². The number of hydrogen-bond donors (Lipinski definition) is 0. The molecule has 0 bridgehead atoms. The maximum atomic E-state index is 5.03. The standard InChI is InChI=1S/C33H26N4/c1-3-10-22(11-4-1)31-35-32(23-12-5-2-6-13-23)37-33(36-31)27-15-9-14-26-20-24-17-18-25(21-28(24)30(26)27)29-16-7-8-19-34-29/h1-7,9-18,21,24,28H,8,19-20H2. The molecule has 4 aromatic rings. The zero-order valence-electron chi connectivity index (χ0n) is 20.5. The molecule has 37 heavy (non-hydrogen) atoms. The van der Waals surface area contributed by atoms with Crippen LogP contribution < -0.4 is 0 Å². The largest absolute Gasteiger partial charge is 0.284 e. The van der Waals surface area contributed by atoms with Gasteiger partial charge < -0.3 is 0 Å². The number of nitrogens with zero attached hydrogens (tertiary/aromatic N) is 4. The van der Waals surface area contributed by atoms with Gasteiger partial charge in [0.25, 0.3) is 0 Å². The molecule has 0 spiro atoms.